The van der Waals surface area contributed by atoms with Crippen molar-refractivity contribution in [1.82, 2.24) is 14.9 Å². The van der Waals surface area contributed by atoms with Crippen LogP contribution in [0.1, 0.15) is 41.3 Å². The van der Waals surface area contributed by atoms with Gasteiger partial charge in [0.15, 0.2) is 0 Å². The molecule has 0 bridgehead atoms. The van der Waals surface area contributed by atoms with Crippen molar-refractivity contribution in [1.29, 1.82) is 0 Å². The standard InChI is InChI=1S/C15H16F3N3O.C8H9ClO.C2H6O.CH2O/c1-4-13-20-12(14(22)19-3)8-21(13)11-6-9(15(2,17)18)5-10(16)7-11;1-6-5-7(10-2)3-4-8(6)9;1-3-2;1-2/h5-8H,4H2,1-3H3,(H,19,22);3-5H,1-2H3;1-2H3;1H2. The number of amides is 1. The van der Waals surface area contributed by atoms with Crippen molar-refractivity contribution < 1.29 is 32.2 Å². The Balaban J connectivity index is 0.000000717. The molecule has 3 rings (SSSR count). The minimum atomic E-state index is -3.16. The molecule has 0 aliphatic rings. The van der Waals surface area contributed by atoms with Crippen molar-refractivity contribution in [3.05, 3.63) is 76.1 Å². The van der Waals surface area contributed by atoms with Crippen molar-refractivity contribution in [2.45, 2.75) is 33.1 Å². The second-order valence-electron chi connectivity index (χ2n) is 7.45. The zero-order valence-corrected chi connectivity index (χ0v) is 22.8. The molecule has 7 nitrogen and oxygen atoms in total. The maximum atomic E-state index is 13.7. The molecule has 0 saturated heterocycles. The molecule has 37 heavy (non-hydrogen) atoms. The van der Waals surface area contributed by atoms with Gasteiger partial charge in [0, 0.05) is 51.4 Å². The fourth-order valence-corrected chi connectivity index (χ4v) is 2.96. The minimum Gasteiger partial charge on any atom is -0.497 e. The minimum absolute atomic E-state index is 0.147. The van der Waals surface area contributed by atoms with Gasteiger partial charge in [-0.3, -0.25) is 4.79 Å². The summed E-state index contributed by atoms with van der Waals surface area (Å²) in [6, 6.07) is 8.69. The lowest BCUT2D eigenvalue weighted by Crippen LogP contribution is -2.18. The molecule has 0 fully saturated rings. The summed E-state index contributed by atoms with van der Waals surface area (Å²) >= 11 is 5.78. The van der Waals surface area contributed by atoms with Gasteiger partial charge in [-0.05, 0) is 48.9 Å². The van der Waals surface area contributed by atoms with Gasteiger partial charge in [-0.2, -0.15) is 0 Å². The van der Waals surface area contributed by atoms with E-state index in [2.05, 4.69) is 15.0 Å². The topological polar surface area (TPSA) is 82.5 Å². The molecule has 204 valence electrons. The maximum absolute atomic E-state index is 13.7. The first-order valence-corrected chi connectivity index (χ1v) is 11.3. The van der Waals surface area contributed by atoms with Crippen LogP contribution in [0.3, 0.4) is 0 Å². The van der Waals surface area contributed by atoms with E-state index >= 15 is 0 Å². The van der Waals surface area contributed by atoms with Crippen LogP contribution in [-0.4, -0.2) is 50.6 Å². The number of aromatic nitrogens is 2. The van der Waals surface area contributed by atoms with Crippen LogP contribution in [0, 0.1) is 12.7 Å². The lowest BCUT2D eigenvalue weighted by Gasteiger charge is -2.14. The number of imidazole rings is 1. The van der Waals surface area contributed by atoms with E-state index in [4.69, 9.17) is 21.1 Å². The van der Waals surface area contributed by atoms with E-state index in [0.29, 0.717) is 19.2 Å². The number of methoxy groups -OCH3 is 2. The number of ether oxygens (including phenoxy) is 2. The smallest absolute Gasteiger partial charge is 0.271 e. The molecule has 1 N–H and O–H groups in total. The average Bonchev–Trinajstić information content (AvgIpc) is 3.31. The lowest BCUT2D eigenvalue weighted by atomic mass is 10.1. The highest BCUT2D eigenvalue weighted by atomic mass is 35.5. The van der Waals surface area contributed by atoms with Gasteiger partial charge in [0.2, 0.25) is 0 Å². The van der Waals surface area contributed by atoms with Crippen LogP contribution in [0.5, 0.6) is 5.75 Å². The number of halogens is 4. The Morgan fingerprint density at radius 2 is 1.76 bits per heavy atom. The molecule has 1 heterocycles. The highest BCUT2D eigenvalue weighted by Crippen LogP contribution is 2.30. The molecular formula is C26H33ClF3N3O4. The number of alkyl halides is 2. The summed E-state index contributed by atoms with van der Waals surface area (Å²) in [5.74, 6) is -3.00. The summed E-state index contributed by atoms with van der Waals surface area (Å²) in [5, 5.41) is 3.21. The van der Waals surface area contributed by atoms with E-state index < -0.39 is 23.2 Å². The van der Waals surface area contributed by atoms with Crippen LogP contribution in [-0.2, 0) is 21.9 Å². The number of nitrogens with zero attached hydrogens (tertiary/aromatic N) is 2. The van der Waals surface area contributed by atoms with Crippen LogP contribution < -0.4 is 10.1 Å². The first-order chi connectivity index (χ1) is 17.4. The van der Waals surface area contributed by atoms with Gasteiger partial charge in [0.1, 0.15) is 29.9 Å². The SMILES string of the molecule is C=O.CCc1nc(C(=O)NC)cn1-c1cc(F)cc(C(C)(F)F)c1.COC.COc1ccc(Cl)c(C)c1. The van der Waals surface area contributed by atoms with E-state index in [-0.39, 0.29) is 11.4 Å². The number of hydrogen-bond donors (Lipinski definition) is 1. The fourth-order valence-electron chi connectivity index (χ4n) is 2.84. The summed E-state index contributed by atoms with van der Waals surface area (Å²) < 4.78 is 51.2. The molecule has 0 atom stereocenters. The zero-order chi connectivity index (χ0) is 28.8. The molecule has 0 spiro atoms. The van der Waals surface area contributed by atoms with E-state index in [1.807, 2.05) is 31.9 Å². The third-order valence-corrected chi connectivity index (χ3v) is 5.01. The molecule has 0 radical (unpaired) electrons. The average molecular weight is 544 g/mol. The molecule has 0 aliphatic heterocycles. The Hall–Kier alpha value is -3.37. The summed E-state index contributed by atoms with van der Waals surface area (Å²) in [5.41, 5.74) is 0.963. The summed E-state index contributed by atoms with van der Waals surface area (Å²) in [7, 11) is 6.35. The van der Waals surface area contributed by atoms with Crippen molar-refractivity contribution in [3.63, 3.8) is 0 Å². The Bertz CT molecular complexity index is 1130. The van der Waals surface area contributed by atoms with Crippen molar-refractivity contribution in [2.75, 3.05) is 28.4 Å². The number of carbonyl (C=O) groups excluding carboxylic acids is 2. The van der Waals surface area contributed by atoms with Crippen LogP contribution >= 0.6 is 11.6 Å². The highest BCUT2D eigenvalue weighted by Gasteiger charge is 2.26. The monoisotopic (exact) mass is 543 g/mol. The fraction of sp³-hybridized carbons (Fsp3) is 0.346. The maximum Gasteiger partial charge on any atom is 0.271 e. The highest BCUT2D eigenvalue weighted by molar-refractivity contribution is 6.31. The Morgan fingerprint density at radius 1 is 1.16 bits per heavy atom. The zero-order valence-electron chi connectivity index (χ0n) is 22.0. The van der Waals surface area contributed by atoms with Crippen LogP contribution in [0.4, 0.5) is 13.2 Å². The van der Waals surface area contributed by atoms with Gasteiger partial charge in [-0.1, -0.05) is 18.5 Å². The molecule has 0 aliphatic carbocycles. The lowest BCUT2D eigenvalue weighted by molar-refractivity contribution is -0.0980. The number of hydrogen-bond acceptors (Lipinski definition) is 5. The van der Waals surface area contributed by atoms with E-state index in [9.17, 15) is 18.0 Å². The third kappa shape index (κ3) is 10.6. The molecule has 0 saturated carbocycles. The molecule has 2 aromatic carbocycles. The van der Waals surface area contributed by atoms with Crippen molar-refractivity contribution in [2.24, 2.45) is 0 Å². The van der Waals surface area contributed by atoms with Gasteiger partial charge in [0.05, 0.1) is 12.8 Å². The number of rotatable bonds is 5. The number of carbonyl (C=O) groups is 2. The molecule has 0 unspecified atom stereocenters. The van der Waals surface area contributed by atoms with Gasteiger partial charge in [-0.25, -0.2) is 18.2 Å². The van der Waals surface area contributed by atoms with Gasteiger partial charge in [0.25, 0.3) is 11.8 Å². The first-order valence-electron chi connectivity index (χ1n) is 10.9. The second-order valence-corrected chi connectivity index (χ2v) is 7.86. The largest absolute Gasteiger partial charge is 0.497 e. The van der Waals surface area contributed by atoms with Crippen molar-refractivity contribution in [3.8, 4) is 11.4 Å². The van der Waals surface area contributed by atoms with Crippen LogP contribution in [0.2, 0.25) is 5.02 Å². The molecular weight excluding hydrogens is 511 g/mol. The Labute approximate surface area is 220 Å². The predicted octanol–water partition coefficient (Wildman–Crippen LogP) is 5.78. The molecule has 3 aromatic rings. The third-order valence-electron chi connectivity index (χ3n) is 4.59. The summed E-state index contributed by atoms with van der Waals surface area (Å²) in [6.07, 6.45) is 1.87. The van der Waals surface area contributed by atoms with Crippen molar-refractivity contribution >= 4 is 24.3 Å². The second kappa shape index (κ2) is 16.4. The first kappa shape index (κ1) is 33.6. The molecule has 1 amide bonds. The van der Waals surface area contributed by atoms with E-state index in [1.165, 1.54) is 23.9 Å². The van der Waals surface area contributed by atoms with Gasteiger partial charge >= 0.3 is 0 Å². The number of nitrogens with one attached hydrogen (secondary N) is 1. The Morgan fingerprint density at radius 3 is 2.22 bits per heavy atom. The Kier molecular flexibility index (Phi) is 14.9. The van der Waals surface area contributed by atoms with E-state index in [1.54, 1.807) is 28.3 Å². The number of aryl methyl sites for hydroxylation is 2. The predicted molar refractivity (Wildman–Crippen MR) is 139 cm³/mol. The van der Waals surface area contributed by atoms with E-state index in [0.717, 1.165) is 28.5 Å². The van der Waals surface area contributed by atoms with Gasteiger partial charge in [-0.15, -0.1) is 0 Å². The summed E-state index contributed by atoms with van der Waals surface area (Å²) in [4.78, 5) is 23.8. The molecule has 11 heteroatoms. The normalized spacial score (nSPS) is 10.0. The summed E-state index contributed by atoms with van der Waals surface area (Å²) in [6.45, 7) is 6.46. The quantitative estimate of drug-likeness (QED) is 0.441. The van der Waals surface area contributed by atoms with Crippen LogP contribution in [0.15, 0.2) is 42.6 Å². The molecule has 1 aromatic heterocycles. The van der Waals surface area contributed by atoms with Crippen LogP contribution in [0.25, 0.3) is 5.69 Å². The van der Waals surface area contributed by atoms with Gasteiger partial charge < -0.3 is 24.2 Å². The number of benzene rings is 2.